The van der Waals surface area contributed by atoms with Crippen LogP contribution in [0.2, 0.25) is 5.02 Å². The summed E-state index contributed by atoms with van der Waals surface area (Å²) in [6.07, 6.45) is 0. The van der Waals surface area contributed by atoms with Gasteiger partial charge in [-0.25, -0.2) is 0 Å². The third kappa shape index (κ3) is 3.17. The fraction of sp³-hybridized carbons (Fsp3) is 0.0769. The first kappa shape index (κ1) is 14.1. The number of nitro groups is 1. The minimum absolute atomic E-state index is 0.126. The van der Waals surface area contributed by atoms with Crippen LogP contribution in [0.25, 0.3) is 0 Å². The SMILES string of the molecule is Cc1ccc(Oc2cc(NN)cc([N+](=O)[O-])c2)c(Cl)c1. The van der Waals surface area contributed by atoms with Gasteiger partial charge in [0.15, 0.2) is 0 Å². The molecule has 0 saturated carbocycles. The quantitative estimate of drug-likeness (QED) is 0.510. The molecule has 0 aromatic heterocycles. The van der Waals surface area contributed by atoms with Gasteiger partial charge in [0.2, 0.25) is 0 Å². The van der Waals surface area contributed by atoms with Crippen molar-refractivity contribution in [3.8, 4) is 11.5 Å². The molecule has 2 aromatic rings. The Morgan fingerprint density at radius 1 is 1.30 bits per heavy atom. The van der Waals surface area contributed by atoms with Crippen LogP contribution in [0.3, 0.4) is 0 Å². The molecule has 0 bridgehead atoms. The van der Waals surface area contributed by atoms with E-state index in [4.69, 9.17) is 22.2 Å². The van der Waals surface area contributed by atoms with Crippen LogP contribution in [0, 0.1) is 17.0 Å². The Labute approximate surface area is 120 Å². The number of nitrogens with zero attached hydrogens (tertiary/aromatic N) is 1. The molecule has 7 heteroatoms. The predicted octanol–water partition coefficient (Wildman–Crippen LogP) is 3.63. The number of anilines is 1. The first-order valence-corrected chi connectivity index (χ1v) is 6.07. The van der Waals surface area contributed by atoms with Crippen molar-refractivity contribution in [1.82, 2.24) is 0 Å². The van der Waals surface area contributed by atoms with Crippen LogP contribution in [-0.4, -0.2) is 4.92 Å². The molecule has 0 fully saturated rings. The molecule has 0 radical (unpaired) electrons. The lowest BCUT2D eigenvalue weighted by Crippen LogP contribution is -2.07. The predicted molar refractivity (Wildman–Crippen MR) is 77.2 cm³/mol. The molecule has 0 amide bonds. The molecule has 6 nitrogen and oxygen atoms in total. The van der Waals surface area contributed by atoms with E-state index in [2.05, 4.69) is 5.43 Å². The second kappa shape index (κ2) is 5.77. The molecule has 0 unspecified atom stereocenters. The fourth-order valence-corrected chi connectivity index (χ4v) is 1.92. The topological polar surface area (TPSA) is 90.4 Å². The number of ether oxygens (including phenoxy) is 1. The fourth-order valence-electron chi connectivity index (χ4n) is 1.65. The van der Waals surface area contributed by atoms with Gasteiger partial charge in [0.1, 0.15) is 11.5 Å². The van der Waals surface area contributed by atoms with E-state index >= 15 is 0 Å². The number of nitrogen functional groups attached to an aromatic ring is 1. The average molecular weight is 294 g/mol. The number of rotatable bonds is 4. The summed E-state index contributed by atoms with van der Waals surface area (Å²) in [5, 5.41) is 11.3. The zero-order chi connectivity index (χ0) is 14.7. The van der Waals surface area contributed by atoms with Gasteiger partial charge in [-0.1, -0.05) is 17.7 Å². The molecular formula is C13H12ClN3O3. The first-order chi connectivity index (χ1) is 9.49. The summed E-state index contributed by atoms with van der Waals surface area (Å²) >= 11 is 6.06. The highest BCUT2D eigenvalue weighted by Gasteiger charge is 2.12. The monoisotopic (exact) mass is 293 g/mol. The highest BCUT2D eigenvalue weighted by Crippen LogP contribution is 2.33. The summed E-state index contributed by atoms with van der Waals surface area (Å²) in [6, 6.07) is 9.44. The van der Waals surface area contributed by atoms with Gasteiger partial charge in [-0.3, -0.25) is 16.0 Å². The summed E-state index contributed by atoms with van der Waals surface area (Å²) < 4.78 is 5.57. The maximum Gasteiger partial charge on any atom is 0.275 e. The Kier molecular flexibility index (Phi) is 4.07. The Balaban J connectivity index is 2.37. The molecule has 20 heavy (non-hydrogen) atoms. The maximum atomic E-state index is 10.8. The molecule has 0 saturated heterocycles. The molecule has 0 spiro atoms. The molecule has 0 aliphatic rings. The molecule has 104 valence electrons. The second-order valence-electron chi connectivity index (χ2n) is 4.15. The van der Waals surface area contributed by atoms with Crippen molar-refractivity contribution in [3.63, 3.8) is 0 Å². The molecular weight excluding hydrogens is 282 g/mol. The van der Waals surface area contributed by atoms with Gasteiger partial charge < -0.3 is 10.2 Å². The molecule has 2 rings (SSSR count). The summed E-state index contributed by atoms with van der Waals surface area (Å²) in [5.74, 6) is 5.97. The zero-order valence-corrected chi connectivity index (χ0v) is 11.3. The summed E-state index contributed by atoms with van der Waals surface area (Å²) in [6.45, 7) is 1.90. The molecule has 0 atom stereocenters. The van der Waals surface area contributed by atoms with Crippen molar-refractivity contribution in [3.05, 3.63) is 57.1 Å². The van der Waals surface area contributed by atoms with Gasteiger partial charge in [0.25, 0.3) is 5.69 Å². The van der Waals surface area contributed by atoms with Crippen molar-refractivity contribution < 1.29 is 9.66 Å². The van der Waals surface area contributed by atoms with E-state index in [1.54, 1.807) is 18.2 Å². The van der Waals surface area contributed by atoms with Crippen molar-refractivity contribution in [2.75, 3.05) is 5.43 Å². The third-order valence-electron chi connectivity index (χ3n) is 2.58. The molecule has 0 heterocycles. The number of nitrogens with two attached hydrogens (primary N) is 1. The minimum Gasteiger partial charge on any atom is -0.455 e. The van der Waals surface area contributed by atoms with Crippen molar-refractivity contribution in [1.29, 1.82) is 0 Å². The first-order valence-electron chi connectivity index (χ1n) is 5.69. The maximum absolute atomic E-state index is 10.8. The van der Waals surface area contributed by atoms with Gasteiger partial charge in [0.05, 0.1) is 21.7 Å². The highest BCUT2D eigenvalue weighted by molar-refractivity contribution is 6.32. The van der Waals surface area contributed by atoms with Gasteiger partial charge in [-0.15, -0.1) is 0 Å². The highest BCUT2D eigenvalue weighted by atomic mass is 35.5. The van der Waals surface area contributed by atoms with E-state index in [9.17, 15) is 10.1 Å². The van der Waals surface area contributed by atoms with Gasteiger partial charge >= 0.3 is 0 Å². The van der Waals surface area contributed by atoms with Gasteiger partial charge in [-0.2, -0.15) is 0 Å². The van der Waals surface area contributed by atoms with E-state index < -0.39 is 4.92 Å². The van der Waals surface area contributed by atoms with Crippen LogP contribution in [0.4, 0.5) is 11.4 Å². The summed E-state index contributed by atoms with van der Waals surface area (Å²) in [5.41, 5.74) is 3.59. The van der Waals surface area contributed by atoms with Crippen LogP contribution in [0.5, 0.6) is 11.5 Å². The second-order valence-corrected chi connectivity index (χ2v) is 4.56. The molecule has 0 aliphatic heterocycles. The number of halogens is 1. The van der Waals surface area contributed by atoms with Crippen LogP contribution in [-0.2, 0) is 0 Å². The van der Waals surface area contributed by atoms with Crippen molar-refractivity contribution >= 4 is 23.0 Å². The average Bonchev–Trinajstić information content (AvgIpc) is 2.41. The largest absolute Gasteiger partial charge is 0.455 e. The van der Waals surface area contributed by atoms with Gasteiger partial charge in [0, 0.05) is 12.1 Å². The summed E-state index contributed by atoms with van der Waals surface area (Å²) in [7, 11) is 0. The summed E-state index contributed by atoms with van der Waals surface area (Å²) in [4.78, 5) is 10.3. The zero-order valence-electron chi connectivity index (χ0n) is 10.6. The number of hydrogen-bond acceptors (Lipinski definition) is 5. The lowest BCUT2D eigenvalue weighted by atomic mass is 10.2. The Hall–Kier alpha value is -2.31. The normalized spacial score (nSPS) is 10.2. The van der Waals surface area contributed by atoms with E-state index in [1.165, 1.54) is 12.1 Å². The van der Waals surface area contributed by atoms with Crippen LogP contribution < -0.4 is 16.0 Å². The van der Waals surface area contributed by atoms with Crippen LogP contribution >= 0.6 is 11.6 Å². The van der Waals surface area contributed by atoms with E-state index in [0.717, 1.165) is 5.56 Å². The van der Waals surface area contributed by atoms with Crippen molar-refractivity contribution in [2.45, 2.75) is 6.92 Å². The van der Waals surface area contributed by atoms with E-state index in [0.29, 0.717) is 16.5 Å². The van der Waals surface area contributed by atoms with Crippen LogP contribution in [0.1, 0.15) is 5.56 Å². The van der Waals surface area contributed by atoms with Crippen molar-refractivity contribution in [2.24, 2.45) is 5.84 Å². The molecule has 0 aliphatic carbocycles. The number of nitro benzene ring substituents is 1. The number of nitrogens with one attached hydrogen (secondary N) is 1. The Morgan fingerprint density at radius 3 is 2.65 bits per heavy atom. The molecule has 3 N–H and O–H groups in total. The number of aryl methyl sites for hydroxylation is 1. The number of hydrogen-bond donors (Lipinski definition) is 2. The van der Waals surface area contributed by atoms with Gasteiger partial charge in [-0.05, 0) is 24.6 Å². The molecule has 2 aromatic carbocycles. The minimum atomic E-state index is -0.523. The van der Waals surface area contributed by atoms with E-state index in [1.807, 2.05) is 13.0 Å². The number of hydrazine groups is 1. The lowest BCUT2D eigenvalue weighted by molar-refractivity contribution is -0.384. The van der Waals surface area contributed by atoms with E-state index in [-0.39, 0.29) is 11.4 Å². The Morgan fingerprint density at radius 2 is 2.05 bits per heavy atom. The number of non-ortho nitro benzene ring substituents is 1. The number of benzene rings is 2. The lowest BCUT2D eigenvalue weighted by Gasteiger charge is -2.09. The Bertz CT molecular complexity index is 661. The van der Waals surface area contributed by atoms with Crippen LogP contribution in [0.15, 0.2) is 36.4 Å². The smallest absolute Gasteiger partial charge is 0.275 e. The standard InChI is InChI=1S/C13H12ClN3O3/c1-8-2-3-13(12(14)4-8)20-11-6-9(16-15)5-10(7-11)17(18)19/h2-7,16H,15H2,1H3. The third-order valence-corrected chi connectivity index (χ3v) is 2.88.